The Morgan fingerprint density at radius 1 is 1.10 bits per heavy atom. The SMILES string of the molecule is CCOC(=O)C(c1c2c(nn1-c1ccc(Cl)cc1)CCCCC2)C1CCCCC1. The third kappa shape index (κ3) is 4.37. The molecule has 0 aliphatic heterocycles. The minimum Gasteiger partial charge on any atom is -0.465 e. The van der Waals surface area contributed by atoms with E-state index >= 15 is 0 Å². The second kappa shape index (κ2) is 9.34. The molecule has 29 heavy (non-hydrogen) atoms. The molecule has 2 aliphatic carbocycles. The van der Waals surface area contributed by atoms with E-state index in [4.69, 9.17) is 21.4 Å². The average molecular weight is 415 g/mol. The topological polar surface area (TPSA) is 44.1 Å². The monoisotopic (exact) mass is 414 g/mol. The van der Waals surface area contributed by atoms with Crippen molar-refractivity contribution in [1.29, 1.82) is 0 Å². The predicted octanol–water partition coefficient (Wildman–Crippen LogP) is 6.02. The summed E-state index contributed by atoms with van der Waals surface area (Å²) >= 11 is 6.13. The highest BCUT2D eigenvalue weighted by molar-refractivity contribution is 6.30. The summed E-state index contributed by atoms with van der Waals surface area (Å²) in [6.07, 6.45) is 11.4. The maximum absolute atomic E-state index is 13.3. The number of hydrogen-bond acceptors (Lipinski definition) is 3. The molecule has 1 heterocycles. The van der Waals surface area contributed by atoms with Crippen molar-refractivity contribution in [3.05, 3.63) is 46.2 Å². The first kappa shape index (κ1) is 20.5. The van der Waals surface area contributed by atoms with Crippen LogP contribution in [-0.4, -0.2) is 22.4 Å². The van der Waals surface area contributed by atoms with Gasteiger partial charge in [-0.15, -0.1) is 0 Å². The summed E-state index contributed by atoms with van der Waals surface area (Å²) in [6.45, 7) is 2.31. The number of aryl methyl sites for hydroxylation is 1. The fourth-order valence-corrected chi connectivity index (χ4v) is 5.21. The van der Waals surface area contributed by atoms with Crippen LogP contribution in [-0.2, 0) is 22.4 Å². The van der Waals surface area contributed by atoms with Gasteiger partial charge in [0.2, 0.25) is 0 Å². The van der Waals surface area contributed by atoms with E-state index in [1.165, 1.54) is 31.2 Å². The molecule has 4 rings (SSSR count). The van der Waals surface area contributed by atoms with E-state index in [0.717, 1.165) is 55.6 Å². The molecule has 2 aromatic rings. The fraction of sp³-hybridized carbons (Fsp3) is 0.583. The van der Waals surface area contributed by atoms with Crippen molar-refractivity contribution >= 4 is 17.6 Å². The van der Waals surface area contributed by atoms with Gasteiger partial charge in [0.05, 0.1) is 23.7 Å². The van der Waals surface area contributed by atoms with Crippen LogP contribution in [0.1, 0.15) is 81.2 Å². The lowest BCUT2D eigenvalue weighted by Gasteiger charge is -2.30. The summed E-state index contributed by atoms with van der Waals surface area (Å²) in [4.78, 5) is 13.3. The molecule has 0 amide bonds. The lowest BCUT2D eigenvalue weighted by Crippen LogP contribution is -2.28. The van der Waals surface area contributed by atoms with Crippen LogP contribution in [0.4, 0.5) is 0 Å². The van der Waals surface area contributed by atoms with Crippen molar-refractivity contribution in [1.82, 2.24) is 9.78 Å². The average Bonchev–Trinajstić information content (AvgIpc) is 2.92. The number of halogens is 1. The Hall–Kier alpha value is -1.81. The van der Waals surface area contributed by atoms with Gasteiger partial charge >= 0.3 is 5.97 Å². The smallest absolute Gasteiger partial charge is 0.315 e. The van der Waals surface area contributed by atoms with Gasteiger partial charge in [0.1, 0.15) is 5.92 Å². The second-order valence-electron chi connectivity index (χ2n) is 8.39. The summed E-state index contributed by atoms with van der Waals surface area (Å²) in [7, 11) is 0. The Balaban J connectivity index is 1.86. The van der Waals surface area contributed by atoms with E-state index in [-0.39, 0.29) is 11.9 Å². The van der Waals surface area contributed by atoms with Gasteiger partial charge in [-0.3, -0.25) is 4.79 Å². The maximum atomic E-state index is 13.3. The summed E-state index contributed by atoms with van der Waals surface area (Å²) in [6, 6.07) is 7.80. The Morgan fingerprint density at radius 2 is 1.79 bits per heavy atom. The molecule has 1 saturated carbocycles. The Kier molecular flexibility index (Phi) is 6.59. The molecule has 2 aliphatic rings. The Labute approximate surface area is 178 Å². The number of carbonyl (C=O) groups excluding carboxylic acids is 1. The molecule has 5 heteroatoms. The van der Waals surface area contributed by atoms with Crippen molar-refractivity contribution in [2.75, 3.05) is 6.61 Å². The molecule has 1 aromatic heterocycles. The zero-order valence-electron chi connectivity index (χ0n) is 17.3. The van der Waals surface area contributed by atoms with Crippen LogP contribution in [0.2, 0.25) is 5.02 Å². The van der Waals surface area contributed by atoms with Crippen molar-refractivity contribution < 1.29 is 9.53 Å². The normalized spacial score (nSPS) is 18.7. The number of esters is 1. The minimum atomic E-state index is -0.236. The van der Waals surface area contributed by atoms with Crippen LogP contribution in [0.3, 0.4) is 0 Å². The summed E-state index contributed by atoms with van der Waals surface area (Å²) in [5.74, 6) is 0.0136. The first-order valence-corrected chi connectivity index (χ1v) is 11.6. The molecule has 0 N–H and O–H groups in total. The Morgan fingerprint density at radius 3 is 2.52 bits per heavy atom. The minimum absolute atomic E-state index is 0.0819. The highest BCUT2D eigenvalue weighted by Crippen LogP contribution is 2.41. The molecule has 0 saturated heterocycles. The molecule has 1 fully saturated rings. The molecule has 0 bridgehead atoms. The van der Waals surface area contributed by atoms with Gasteiger partial charge in [-0.25, -0.2) is 4.68 Å². The van der Waals surface area contributed by atoms with Crippen LogP contribution >= 0.6 is 11.6 Å². The summed E-state index contributed by atoms with van der Waals surface area (Å²) in [5.41, 5.74) is 4.51. The molecular weight excluding hydrogens is 384 g/mol. The molecule has 0 spiro atoms. The van der Waals surface area contributed by atoms with E-state index < -0.39 is 0 Å². The van der Waals surface area contributed by atoms with Crippen LogP contribution < -0.4 is 0 Å². The second-order valence-corrected chi connectivity index (χ2v) is 8.82. The molecule has 4 nitrogen and oxygen atoms in total. The number of carbonyl (C=O) groups is 1. The van der Waals surface area contributed by atoms with E-state index in [0.29, 0.717) is 17.5 Å². The van der Waals surface area contributed by atoms with Crippen LogP contribution in [0.5, 0.6) is 0 Å². The zero-order chi connectivity index (χ0) is 20.2. The van der Waals surface area contributed by atoms with Gasteiger partial charge in [-0.1, -0.05) is 37.3 Å². The molecule has 1 unspecified atom stereocenters. The highest BCUT2D eigenvalue weighted by atomic mass is 35.5. The van der Waals surface area contributed by atoms with E-state index in [9.17, 15) is 4.79 Å². The number of hydrogen-bond donors (Lipinski definition) is 0. The van der Waals surface area contributed by atoms with E-state index in [1.807, 2.05) is 35.9 Å². The largest absolute Gasteiger partial charge is 0.465 e. The number of ether oxygens (including phenoxy) is 1. The Bertz CT molecular complexity index is 837. The quantitative estimate of drug-likeness (QED) is 0.443. The maximum Gasteiger partial charge on any atom is 0.315 e. The van der Waals surface area contributed by atoms with Gasteiger partial charge < -0.3 is 4.74 Å². The van der Waals surface area contributed by atoms with Crippen molar-refractivity contribution in [2.24, 2.45) is 5.92 Å². The van der Waals surface area contributed by atoms with E-state index in [2.05, 4.69) is 0 Å². The van der Waals surface area contributed by atoms with Gasteiger partial charge in [-0.05, 0) is 81.2 Å². The first-order valence-electron chi connectivity index (χ1n) is 11.2. The van der Waals surface area contributed by atoms with Crippen LogP contribution in [0, 0.1) is 5.92 Å². The van der Waals surface area contributed by atoms with E-state index in [1.54, 1.807) is 0 Å². The number of nitrogens with zero attached hydrogens (tertiary/aromatic N) is 2. The summed E-state index contributed by atoms with van der Waals surface area (Å²) in [5, 5.41) is 5.74. The molecule has 156 valence electrons. The van der Waals surface area contributed by atoms with Gasteiger partial charge in [-0.2, -0.15) is 5.10 Å². The molecule has 0 radical (unpaired) electrons. The highest BCUT2D eigenvalue weighted by Gasteiger charge is 2.38. The summed E-state index contributed by atoms with van der Waals surface area (Å²) < 4.78 is 7.64. The lowest BCUT2D eigenvalue weighted by molar-refractivity contribution is -0.147. The number of fused-ring (bicyclic) bond motifs is 1. The molecular formula is C24H31ClN2O2. The molecule has 1 atom stereocenters. The van der Waals surface area contributed by atoms with Gasteiger partial charge in [0.15, 0.2) is 0 Å². The number of aromatic nitrogens is 2. The lowest BCUT2D eigenvalue weighted by atomic mass is 9.77. The van der Waals surface area contributed by atoms with Crippen molar-refractivity contribution in [3.8, 4) is 5.69 Å². The molecule has 1 aromatic carbocycles. The van der Waals surface area contributed by atoms with Gasteiger partial charge in [0, 0.05) is 5.02 Å². The predicted molar refractivity (Wildman–Crippen MR) is 116 cm³/mol. The standard InChI is InChI=1S/C24H31ClN2O2/c1-2-29-24(28)22(17-9-5-3-6-10-17)23-20-11-7-4-8-12-21(20)26-27(23)19-15-13-18(25)14-16-19/h13-17,22H,2-12H2,1H3. The van der Waals surface area contributed by atoms with Crippen LogP contribution in [0.25, 0.3) is 5.69 Å². The zero-order valence-corrected chi connectivity index (χ0v) is 18.1. The van der Waals surface area contributed by atoms with Crippen LogP contribution in [0.15, 0.2) is 24.3 Å². The fourth-order valence-electron chi connectivity index (χ4n) is 5.08. The number of rotatable bonds is 5. The van der Waals surface area contributed by atoms with Crippen molar-refractivity contribution in [2.45, 2.75) is 77.0 Å². The third-order valence-corrected chi connectivity index (χ3v) is 6.73. The number of benzene rings is 1. The third-order valence-electron chi connectivity index (χ3n) is 6.47. The van der Waals surface area contributed by atoms with Crippen molar-refractivity contribution in [3.63, 3.8) is 0 Å². The first-order chi connectivity index (χ1) is 14.2. The van der Waals surface area contributed by atoms with Gasteiger partial charge in [0.25, 0.3) is 0 Å².